The molecule has 0 aromatic heterocycles. The second kappa shape index (κ2) is 9.64. The van der Waals surface area contributed by atoms with Crippen LogP contribution in [0.4, 0.5) is 4.39 Å². The van der Waals surface area contributed by atoms with Gasteiger partial charge in [0.2, 0.25) is 0 Å². The van der Waals surface area contributed by atoms with Gasteiger partial charge >= 0.3 is 0 Å². The highest BCUT2D eigenvalue weighted by Gasteiger charge is 2.21. The van der Waals surface area contributed by atoms with Crippen molar-refractivity contribution in [3.05, 3.63) is 78.3 Å². The Morgan fingerprint density at radius 1 is 1.32 bits per heavy atom. The highest BCUT2D eigenvalue weighted by Crippen LogP contribution is 2.18. The van der Waals surface area contributed by atoms with Crippen LogP contribution in [0.5, 0.6) is 0 Å². The van der Waals surface area contributed by atoms with E-state index in [9.17, 15) is 9.65 Å². The van der Waals surface area contributed by atoms with Gasteiger partial charge < -0.3 is 5.32 Å². The normalized spacial score (nSPS) is 13.2. The number of benzene rings is 1. The van der Waals surface area contributed by atoms with Gasteiger partial charge in [-0.1, -0.05) is 50.8 Å². The molecule has 0 spiro atoms. The molecule has 0 saturated heterocycles. The van der Waals surface area contributed by atoms with Crippen LogP contribution in [0, 0.1) is 23.1 Å². The summed E-state index contributed by atoms with van der Waals surface area (Å²) in [6.45, 7) is 12.4. The van der Waals surface area contributed by atoms with Gasteiger partial charge in [-0.15, -0.1) is 0 Å². The highest BCUT2D eigenvalue weighted by atomic mass is 19.1. The maximum Gasteiger partial charge on any atom is 0.123 e. The minimum Gasteiger partial charge on any atom is -0.380 e. The molecule has 1 aromatic carbocycles. The van der Waals surface area contributed by atoms with E-state index in [0.29, 0.717) is 17.9 Å². The molecule has 0 heterocycles. The fourth-order valence-corrected chi connectivity index (χ4v) is 2.02. The summed E-state index contributed by atoms with van der Waals surface area (Å²) in [5.41, 5.74) is 2.19. The van der Waals surface area contributed by atoms with Gasteiger partial charge in [0, 0.05) is 11.2 Å². The van der Waals surface area contributed by atoms with Gasteiger partial charge in [-0.05, 0) is 56.0 Å². The van der Waals surface area contributed by atoms with Gasteiger partial charge in [0.15, 0.2) is 0 Å². The topological polar surface area (TPSA) is 35.8 Å². The average Bonchev–Trinajstić information content (AvgIpc) is 2.55. The summed E-state index contributed by atoms with van der Waals surface area (Å²) in [7, 11) is 0. The first-order valence-corrected chi connectivity index (χ1v) is 8.43. The third kappa shape index (κ3) is 6.81. The van der Waals surface area contributed by atoms with Crippen LogP contribution in [-0.2, 0) is 0 Å². The van der Waals surface area contributed by atoms with Gasteiger partial charge in [0.1, 0.15) is 5.82 Å². The number of hydrogen-bond acceptors (Lipinski definition) is 2. The molecular weight excluding hydrogens is 311 g/mol. The number of rotatable bonds is 8. The Bertz CT molecular complexity index is 699. The zero-order valence-electron chi connectivity index (χ0n) is 15.5. The first kappa shape index (κ1) is 20.4. The summed E-state index contributed by atoms with van der Waals surface area (Å²) < 4.78 is 13.0. The predicted octanol–water partition coefficient (Wildman–Crippen LogP) is 5.77. The molecule has 1 N–H and O–H groups in total. The van der Waals surface area contributed by atoms with E-state index in [0.717, 1.165) is 11.3 Å². The number of nitrogens with zero attached hydrogens (tertiary/aromatic N) is 1. The molecule has 25 heavy (non-hydrogen) atoms. The summed E-state index contributed by atoms with van der Waals surface area (Å²) in [4.78, 5) is 0. The number of hydrogen-bond donors (Lipinski definition) is 1. The van der Waals surface area contributed by atoms with Gasteiger partial charge in [0.05, 0.1) is 11.6 Å². The minimum atomic E-state index is -0.306. The third-order valence-electron chi connectivity index (χ3n) is 4.24. The maximum absolute atomic E-state index is 13.0. The van der Waals surface area contributed by atoms with Gasteiger partial charge in [-0.25, -0.2) is 4.39 Å². The molecule has 0 saturated carbocycles. The Hall–Kier alpha value is -2.60. The summed E-state index contributed by atoms with van der Waals surface area (Å²) in [5.74, 6) is 0.164. The summed E-state index contributed by atoms with van der Waals surface area (Å²) in [6.07, 6.45) is 10.1. The molecule has 132 valence electrons. The van der Waals surface area contributed by atoms with E-state index < -0.39 is 0 Å². The predicted molar refractivity (Wildman–Crippen MR) is 104 cm³/mol. The van der Waals surface area contributed by atoms with Crippen LogP contribution < -0.4 is 5.32 Å². The van der Waals surface area contributed by atoms with Crippen LogP contribution in [-0.4, -0.2) is 5.54 Å². The summed E-state index contributed by atoms with van der Waals surface area (Å²) >= 11 is 0. The lowest BCUT2D eigenvalue weighted by Crippen LogP contribution is -2.42. The van der Waals surface area contributed by atoms with E-state index in [1.165, 1.54) is 12.1 Å². The van der Waals surface area contributed by atoms with Gasteiger partial charge in [-0.3, -0.25) is 0 Å². The molecule has 0 amide bonds. The van der Waals surface area contributed by atoms with Crippen molar-refractivity contribution in [1.29, 1.82) is 5.26 Å². The minimum absolute atomic E-state index is 0.0407. The molecule has 0 aliphatic rings. The van der Waals surface area contributed by atoms with Crippen LogP contribution in [0.2, 0.25) is 0 Å². The molecule has 0 aliphatic carbocycles. The first-order chi connectivity index (χ1) is 11.8. The van der Waals surface area contributed by atoms with E-state index in [1.807, 2.05) is 24.3 Å². The molecule has 2 nitrogen and oxygen atoms in total. The lowest BCUT2D eigenvalue weighted by Gasteiger charge is -2.32. The standard InChI is InChI=1S/C22H27FN2/c1-6-9-21(25-22(4,5)17(2)3)11-8-7-10-19(16-24)18-12-14-20(23)15-13-18/h6,8-15,17,25H,1,7H2,2-5H3/b11-8-,19-10+,21-9+. The Labute approximate surface area is 151 Å². The molecule has 1 rings (SSSR count). The van der Waals surface area contributed by atoms with Crippen molar-refractivity contribution in [2.45, 2.75) is 39.7 Å². The van der Waals surface area contributed by atoms with Crippen molar-refractivity contribution in [2.75, 3.05) is 0 Å². The highest BCUT2D eigenvalue weighted by molar-refractivity contribution is 5.76. The van der Waals surface area contributed by atoms with E-state index in [-0.39, 0.29) is 11.4 Å². The molecule has 0 unspecified atom stereocenters. The second-order valence-corrected chi connectivity index (χ2v) is 6.73. The average molecular weight is 338 g/mol. The van der Waals surface area contributed by atoms with Gasteiger partial charge in [-0.2, -0.15) is 5.26 Å². The smallest absolute Gasteiger partial charge is 0.123 e. The molecule has 0 radical (unpaired) electrons. The van der Waals surface area contributed by atoms with Crippen molar-refractivity contribution in [3.63, 3.8) is 0 Å². The number of allylic oxidation sites excluding steroid dienone is 6. The Morgan fingerprint density at radius 3 is 2.48 bits per heavy atom. The number of halogens is 1. The quantitative estimate of drug-likeness (QED) is 0.482. The Kier molecular flexibility index (Phi) is 7.88. The zero-order chi connectivity index (χ0) is 18.9. The van der Waals surface area contributed by atoms with E-state index in [4.69, 9.17) is 0 Å². The monoisotopic (exact) mass is 338 g/mol. The molecule has 3 heteroatoms. The summed E-state index contributed by atoms with van der Waals surface area (Å²) in [5, 5.41) is 12.8. The second-order valence-electron chi connectivity index (χ2n) is 6.73. The lowest BCUT2D eigenvalue weighted by atomic mass is 9.90. The molecule has 0 fully saturated rings. The Morgan fingerprint density at radius 2 is 1.96 bits per heavy atom. The van der Waals surface area contributed by atoms with Crippen LogP contribution in [0.3, 0.4) is 0 Å². The van der Waals surface area contributed by atoms with E-state index in [1.54, 1.807) is 18.2 Å². The van der Waals surface area contributed by atoms with Gasteiger partial charge in [0.25, 0.3) is 0 Å². The summed E-state index contributed by atoms with van der Waals surface area (Å²) in [6, 6.07) is 8.11. The van der Waals surface area contributed by atoms with E-state index in [2.05, 4.69) is 45.7 Å². The van der Waals surface area contributed by atoms with Crippen molar-refractivity contribution in [1.82, 2.24) is 5.32 Å². The molecule has 0 bridgehead atoms. The van der Waals surface area contributed by atoms with Crippen LogP contribution in [0.25, 0.3) is 5.57 Å². The number of nitrogens with one attached hydrogen (secondary N) is 1. The van der Waals surface area contributed by atoms with E-state index >= 15 is 0 Å². The van der Waals surface area contributed by atoms with Crippen LogP contribution in [0.1, 0.15) is 39.7 Å². The van der Waals surface area contributed by atoms with Crippen molar-refractivity contribution in [3.8, 4) is 6.07 Å². The maximum atomic E-state index is 13.0. The lowest BCUT2D eigenvalue weighted by molar-refractivity contribution is 0.316. The molecule has 1 aromatic rings. The van der Waals surface area contributed by atoms with Crippen molar-refractivity contribution < 1.29 is 4.39 Å². The SMILES string of the molecule is C=C/C=C(\C=C/C/C=C(\C#N)c1ccc(F)cc1)NC(C)(C)C(C)C. The molecular formula is C22H27FN2. The van der Waals surface area contributed by atoms with Crippen molar-refractivity contribution in [2.24, 2.45) is 5.92 Å². The molecule has 0 aliphatic heterocycles. The fourth-order valence-electron chi connectivity index (χ4n) is 2.02. The third-order valence-corrected chi connectivity index (χ3v) is 4.24. The largest absolute Gasteiger partial charge is 0.380 e. The first-order valence-electron chi connectivity index (χ1n) is 8.43. The van der Waals surface area contributed by atoms with Crippen LogP contribution in [0.15, 0.2) is 66.9 Å². The van der Waals surface area contributed by atoms with Crippen molar-refractivity contribution >= 4 is 5.57 Å². The zero-order valence-corrected chi connectivity index (χ0v) is 15.5. The number of nitriles is 1. The fraction of sp³-hybridized carbons (Fsp3) is 0.318. The molecule has 0 atom stereocenters. The van der Waals surface area contributed by atoms with Crippen LogP contribution >= 0.6 is 0 Å². The Balaban J connectivity index is 2.81.